The number of amides is 3. The first-order valence-electron chi connectivity index (χ1n) is 7.58. The Morgan fingerprint density at radius 1 is 1.23 bits per heavy atom. The molecule has 0 aliphatic carbocycles. The Kier molecular flexibility index (Phi) is 4.04. The molecule has 1 aliphatic rings. The van der Waals surface area contributed by atoms with Crippen LogP contribution in [0.15, 0.2) is 24.3 Å². The number of imide groups is 1. The van der Waals surface area contributed by atoms with Crippen molar-refractivity contribution in [2.24, 2.45) is 5.73 Å². The Morgan fingerprint density at radius 3 is 2.23 bits per heavy atom. The molecule has 0 radical (unpaired) electrons. The predicted octanol–water partition coefficient (Wildman–Crippen LogP) is 2.31. The van der Waals surface area contributed by atoms with Crippen molar-refractivity contribution in [3.63, 3.8) is 0 Å². The monoisotopic (exact) mass is 303 g/mol. The zero-order chi connectivity index (χ0) is 16.7. The normalized spacial score (nSPS) is 22.4. The van der Waals surface area contributed by atoms with Gasteiger partial charge in [0.05, 0.1) is 0 Å². The second-order valence-corrected chi connectivity index (χ2v) is 7.21. The summed E-state index contributed by atoms with van der Waals surface area (Å²) in [4.78, 5) is 26.1. The highest BCUT2D eigenvalue weighted by Gasteiger charge is 2.49. The average molecular weight is 303 g/mol. The van der Waals surface area contributed by atoms with Crippen LogP contribution >= 0.6 is 0 Å². The second-order valence-electron chi connectivity index (χ2n) is 7.21. The highest BCUT2D eigenvalue weighted by Crippen LogP contribution is 2.30. The van der Waals surface area contributed by atoms with Crippen LogP contribution in [0.1, 0.15) is 51.7 Å². The Bertz CT molecular complexity index is 587. The van der Waals surface area contributed by atoms with E-state index < -0.39 is 11.1 Å². The quantitative estimate of drug-likeness (QED) is 0.838. The van der Waals surface area contributed by atoms with Crippen LogP contribution in [0.5, 0.6) is 0 Å². The van der Waals surface area contributed by atoms with Crippen molar-refractivity contribution in [3.05, 3.63) is 35.4 Å². The number of carbonyl (C=O) groups excluding carboxylic acids is 2. The molecule has 1 saturated heterocycles. The molecule has 120 valence electrons. The van der Waals surface area contributed by atoms with Gasteiger partial charge in [0, 0.05) is 12.1 Å². The van der Waals surface area contributed by atoms with Crippen molar-refractivity contribution in [2.75, 3.05) is 6.54 Å². The van der Waals surface area contributed by atoms with Gasteiger partial charge in [-0.3, -0.25) is 9.69 Å². The van der Waals surface area contributed by atoms with Crippen LogP contribution in [0.4, 0.5) is 4.79 Å². The third-order valence-electron chi connectivity index (χ3n) is 4.00. The molecule has 2 rings (SSSR count). The number of nitrogens with zero attached hydrogens (tertiary/aromatic N) is 1. The maximum Gasteiger partial charge on any atom is 0.325 e. The number of nitrogens with one attached hydrogen (secondary N) is 1. The molecule has 0 spiro atoms. The summed E-state index contributed by atoms with van der Waals surface area (Å²) >= 11 is 0. The summed E-state index contributed by atoms with van der Waals surface area (Å²) in [7, 11) is 0. The topological polar surface area (TPSA) is 75.4 Å². The van der Waals surface area contributed by atoms with Crippen LogP contribution in [0.2, 0.25) is 0 Å². The van der Waals surface area contributed by atoms with Gasteiger partial charge < -0.3 is 11.1 Å². The summed E-state index contributed by atoms with van der Waals surface area (Å²) in [5, 5.41) is 2.80. The largest absolute Gasteiger partial charge is 0.325 e. The standard InChI is InChI=1S/C17H25N3O2/c1-11(2)12-6-8-13(9-7-12)17(5)14(21)20(15(22)19-17)10-16(3,4)18/h6-9,11H,10,18H2,1-5H3,(H,19,22). The number of hydrogen-bond acceptors (Lipinski definition) is 3. The number of benzene rings is 1. The molecule has 1 aromatic carbocycles. The summed E-state index contributed by atoms with van der Waals surface area (Å²) in [6, 6.07) is 7.43. The molecule has 1 fully saturated rings. The zero-order valence-electron chi connectivity index (χ0n) is 13.9. The fraction of sp³-hybridized carbons (Fsp3) is 0.529. The van der Waals surface area contributed by atoms with Gasteiger partial charge >= 0.3 is 6.03 Å². The van der Waals surface area contributed by atoms with E-state index >= 15 is 0 Å². The average Bonchev–Trinajstić information content (AvgIpc) is 2.62. The molecule has 1 aliphatic heterocycles. The smallest absolute Gasteiger partial charge is 0.324 e. The minimum Gasteiger partial charge on any atom is -0.324 e. The first-order valence-corrected chi connectivity index (χ1v) is 7.58. The van der Waals surface area contributed by atoms with Crippen molar-refractivity contribution in [1.29, 1.82) is 0 Å². The lowest BCUT2D eigenvalue weighted by atomic mass is 9.89. The fourth-order valence-corrected chi connectivity index (χ4v) is 2.65. The van der Waals surface area contributed by atoms with E-state index in [2.05, 4.69) is 19.2 Å². The minimum absolute atomic E-state index is 0.192. The van der Waals surface area contributed by atoms with Crippen molar-refractivity contribution in [1.82, 2.24) is 10.2 Å². The first kappa shape index (κ1) is 16.5. The Labute approximate surface area is 131 Å². The maximum absolute atomic E-state index is 12.7. The highest BCUT2D eigenvalue weighted by molar-refractivity contribution is 6.07. The lowest BCUT2D eigenvalue weighted by Crippen LogP contribution is -2.48. The van der Waals surface area contributed by atoms with Gasteiger partial charge in [0.15, 0.2) is 0 Å². The first-order chi connectivity index (χ1) is 10.0. The number of urea groups is 1. The number of rotatable bonds is 4. The number of hydrogen-bond donors (Lipinski definition) is 2. The van der Waals surface area contributed by atoms with Crippen LogP contribution in [-0.2, 0) is 10.3 Å². The third kappa shape index (κ3) is 2.99. The van der Waals surface area contributed by atoms with Crippen LogP contribution < -0.4 is 11.1 Å². The maximum atomic E-state index is 12.7. The summed E-state index contributed by atoms with van der Waals surface area (Å²) in [5.74, 6) is 0.165. The predicted molar refractivity (Wildman–Crippen MR) is 86.4 cm³/mol. The van der Waals surface area contributed by atoms with Crippen molar-refractivity contribution < 1.29 is 9.59 Å². The molecule has 22 heavy (non-hydrogen) atoms. The van der Waals surface area contributed by atoms with E-state index in [1.807, 2.05) is 24.3 Å². The van der Waals surface area contributed by atoms with E-state index in [4.69, 9.17) is 5.73 Å². The van der Waals surface area contributed by atoms with Crippen molar-refractivity contribution in [3.8, 4) is 0 Å². The molecular weight excluding hydrogens is 278 g/mol. The van der Waals surface area contributed by atoms with Crippen molar-refractivity contribution >= 4 is 11.9 Å². The van der Waals surface area contributed by atoms with E-state index in [9.17, 15) is 9.59 Å². The summed E-state index contributed by atoms with van der Waals surface area (Å²) in [6.07, 6.45) is 0. The molecule has 1 heterocycles. The van der Waals surface area contributed by atoms with E-state index in [0.717, 1.165) is 5.56 Å². The van der Waals surface area contributed by atoms with Crippen LogP contribution in [0.25, 0.3) is 0 Å². The molecule has 5 heteroatoms. The van der Waals surface area contributed by atoms with Gasteiger partial charge in [-0.1, -0.05) is 38.1 Å². The molecule has 0 saturated carbocycles. The van der Waals surface area contributed by atoms with Gasteiger partial charge in [0.1, 0.15) is 5.54 Å². The van der Waals surface area contributed by atoms with E-state index in [-0.39, 0.29) is 18.5 Å². The highest BCUT2D eigenvalue weighted by atomic mass is 16.2. The van der Waals surface area contributed by atoms with E-state index in [1.54, 1.807) is 20.8 Å². The van der Waals surface area contributed by atoms with Gasteiger partial charge in [-0.15, -0.1) is 0 Å². The molecular formula is C17H25N3O2. The van der Waals surface area contributed by atoms with Gasteiger partial charge in [0.2, 0.25) is 0 Å². The van der Waals surface area contributed by atoms with E-state index in [1.165, 1.54) is 10.5 Å². The molecule has 3 N–H and O–H groups in total. The van der Waals surface area contributed by atoms with Crippen LogP contribution in [0, 0.1) is 0 Å². The number of carbonyl (C=O) groups is 2. The third-order valence-corrected chi connectivity index (χ3v) is 4.00. The molecule has 0 aromatic heterocycles. The van der Waals surface area contributed by atoms with E-state index in [0.29, 0.717) is 5.92 Å². The van der Waals surface area contributed by atoms with Crippen LogP contribution in [-0.4, -0.2) is 28.9 Å². The number of nitrogens with two attached hydrogens (primary N) is 1. The van der Waals surface area contributed by atoms with Crippen molar-refractivity contribution in [2.45, 2.75) is 51.6 Å². The molecule has 0 bridgehead atoms. The summed E-state index contributed by atoms with van der Waals surface area (Å²) < 4.78 is 0. The molecule has 3 amide bonds. The Morgan fingerprint density at radius 2 is 1.77 bits per heavy atom. The lowest BCUT2D eigenvalue weighted by molar-refractivity contribution is -0.131. The zero-order valence-corrected chi connectivity index (χ0v) is 13.9. The lowest BCUT2D eigenvalue weighted by Gasteiger charge is -2.26. The van der Waals surface area contributed by atoms with Gasteiger partial charge in [-0.2, -0.15) is 0 Å². The van der Waals surface area contributed by atoms with Gasteiger partial charge in [-0.05, 0) is 37.8 Å². The summed E-state index contributed by atoms with van der Waals surface area (Å²) in [5.41, 5.74) is 6.27. The molecule has 1 aromatic rings. The Hall–Kier alpha value is -1.88. The Balaban J connectivity index is 2.30. The molecule has 1 unspecified atom stereocenters. The summed E-state index contributed by atoms with van der Waals surface area (Å²) in [6.45, 7) is 9.74. The molecule has 5 nitrogen and oxygen atoms in total. The van der Waals surface area contributed by atoms with Gasteiger partial charge in [0.25, 0.3) is 5.91 Å². The molecule has 1 atom stereocenters. The fourth-order valence-electron chi connectivity index (χ4n) is 2.65. The van der Waals surface area contributed by atoms with Crippen LogP contribution in [0.3, 0.4) is 0 Å². The second kappa shape index (κ2) is 5.39. The minimum atomic E-state index is -1.03. The van der Waals surface area contributed by atoms with Gasteiger partial charge in [-0.25, -0.2) is 4.79 Å². The SMILES string of the molecule is CC(C)c1ccc(C2(C)NC(=O)N(CC(C)(C)N)C2=O)cc1.